The molecule has 2 amide bonds. The van der Waals surface area contributed by atoms with E-state index in [-0.39, 0.29) is 18.0 Å². The van der Waals surface area contributed by atoms with Crippen LogP contribution in [0.3, 0.4) is 0 Å². The Morgan fingerprint density at radius 2 is 2.00 bits per heavy atom. The second-order valence-electron chi connectivity index (χ2n) is 6.37. The second-order valence-corrected chi connectivity index (χ2v) is 6.37. The van der Waals surface area contributed by atoms with Crippen molar-refractivity contribution in [2.24, 2.45) is 0 Å². The number of nitrogens with one attached hydrogen (secondary N) is 3. The number of amides is 2. The van der Waals surface area contributed by atoms with Crippen LogP contribution in [0.2, 0.25) is 0 Å². The van der Waals surface area contributed by atoms with Gasteiger partial charge >= 0.3 is 12.6 Å². The molecule has 28 heavy (non-hydrogen) atoms. The average Bonchev–Trinajstić information content (AvgIpc) is 3.06. The van der Waals surface area contributed by atoms with Crippen LogP contribution in [-0.4, -0.2) is 35.4 Å². The smallest absolute Gasteiger partial charge is 0.387 e. The van der Waals surface area contributed by atoms with Crippen molar-refractivity contribution >= 4 is 22.6 Å². The summed E-state index contributed by atoms with van der Waals surface area (Å²) in [5.74, 6) is -0.123. The predicted molar refractivity (Wildman–Crippen MR) is 103 cm³/mol. The molecule has 3 aromatic rings. The summed E-state index contributed by atoms with van der Waals surface area (Å²) in [6, 6.07) is 11.1. The average molecular weight is 389 g/mol. The molecule has 0 saturated carbocycles. The number of ether oxygens (including phenoxy) is 1. The lowest BCUT2D eigenvalue weighted by Gasteiger charge is -2.19. The number of H-pyrrole nitrogens is 1. The molecule has 0 saturated heterocycles. The number of rotatable bonds is 7. The lowest BCUT2D eigenvalue weighted by atomic mass is 10.1. The Morgan fingerprint density at radius 3 is 2.75 bits per heavy atom. The molecule has 1 atom stereocenters. The first-order valence-electron chi connectivity index (χ1n) is 8.75. The minimum Gasteiger partial charge on any atom is -0.433 e. The fourth-order valence-electron chi connectivity index (χ4n) is 3.06. The summed E-state index contributed by atoms with van der Waals surface area (Å²) in [5, 5.41) is 15.9. The highest BCUT2D eigenvalue weighted by molar-refractivity contribution is 5.92. The Hall–Kier alpha value is -3.13. The van der Waals surface area contributed by atoms with Crippen LogP contribution in [-0.2, 0) is 6.42 Å². The summed E-state index contributed by atoms with van der Waals surface area (Å²) in [7, 11) is 0. The molecule has 1 unspecified atom stereocenters. The number of halogens is 2. The highest BCUT2D eigenvalue weighted by Gasteiger charge is 2.18. The zero-order valence-corrected chi connectivity index (χ0v) is 15.2. The molecule has 0 aliphatic heterocycles. The highest BCUT2D eigenvalue weighted by atomic mass is 19.3. The number of aromatic nitrogens is 1. The van der Waals surface area contributed by atoms with Gasteiger partial charge in [0.1, 0.15) is 5.75 Å². The fourth-order valence-corrected chi connectivity index (χ4v) is 3.06. The number of carbonyl (C=O) groups excluding carboxylic acids is 1. The van der Waals surface area contributed by atoms with Crippen LogP contribution in [0.5, 0.6) is 5.75 Å². The Morgan fingerprint density at radius 1 is 1.21 bits per heavy atom. The number of aliphatic hydroxyl groups is 1. The zero-order chi connectivity index (χ0) is 20.1. The Kier molecular flexibility index (Phi) is 6.10. The van der Waals surface area contributed by atoms with Gasteiger partial charge in [-0.2, -0.15) is 8.78 Å². The van der Waals surface area contributed by atoms with Crippen molar-refractivity contribution in [2.75, 3.05) is 11.9 Å². The van der Waals surface area contributed by atoms with Crippen molar-refractivity contribution in [2.45, 2.75) is 26.0 Å². The van der Waals surface area contributed by atoms with E-state index in [1.807, 2.05) is 30.5 Å². The molecule has 0 fully saturated rings. The van der Waals surface area contributed by atoms with Crippen LogP contribution >= 0.6 is 0 Å². The summed E-state index contributed by atoms with van der Waals surface area (Å²) >= 11 is 0. The van der Waals surface area contributed by atoms with E-state index in [4.69, 9.17) is 0 Å². The molecule has 6 nitrogen and oxygen atoms in total. The van der Waals surface area contributed by atoms with Gasteiger partial charge in [-0.3, -0.25) is 0 Å². The van der Waals surface area contributed by atoms with Gasteiger partial charge in [0.25, 0.3) is 0 Å². The molecule has 0 bridgehead atoms. The van der Waals surface area contributed by atoms with E-state index >= 15 is 0 Å². The van der Waals surface area contributed by atoms with E-state index < -0.39 is 18.7 Å². The fraction of sp³-hybridized carbons (Fsp3) is 0.250. The molecule has 2 aromatic carbocycles. The minimum absolute atomic E-state index is 0.123. The van der Waals surface area contributed by atoms with Crippen molar-refractivity contribution < 1.29 is 23.4 Å². The van der Waals surface area contributed by atoms with Gasteiger partial charge in [0.05, 0.1) is 18.3 Å². The van der Waals surface area contributed by atoms with Crippen molar-refractivity contribution in [1.29, 1.82) is 0 Å². The number of anilines is 1. The first kappa shape index (κ1) is 19.6. The van der Waals surface area contributed by atoms with Crippen LogP contribution in [0.1, 0.15) is 11.1 Å². The van der Waals surface area contributed by atoms with E-state index in [9.17, 15) is 18.7 Å². The number of benzene rings is 2. The van der Waals surface area contributed by atoms with Gasteiger partial charge in [-0.05, 0) is 36.6 Å². The normalized spacial score (nSPS) is 12.2. The number of aliphatic hydroxyl groups excluding tert-OH is 1. The molecule has 4 N–H and O–H groups in total. The monoisotopic (exact) mass is 389 g/mol. The lowest BCUT2D eigenvalue weighted by Crippen LogP contribution is -2.41. The Labute approximate surface area is 160 Å². The first-order valence-corrected chi connectivity index (χ1v) is 8.75. The van der Waals surface area contributed by atoms with E-state index in [2.05, 4.69) is 20.4 Å². The predicted octanol–water partition coefficient (Wildman–Crippen LogP) is 3.80. The molecular formula is C20H21F2N3O3. The van der Waals surface area contributed by atoms with Crippen LogP contribution < -0.4 is 15.4 Å². The van der Waals surface area contributed by atoms with Gasteiger partial charge < -0.3 is 25.5 Å². The summed E-state index contributed by atoms with van der Waals surface area (Å²) < 4.78 is 29.6. The van der Waals surface area contributed by atoms with Crippen molar-refractivity contribution in [1.82, 2.24) is 10.3 Å². The van der Waals surface area contributed by atoms with Gasteiger partial charge in [-0.15, -0.1) is 0 Å². The van der Waals surface area contributed by atoms with Crippen molar-refractivity contribution in [3.05, 3.63) is 59.8 Å². The van der Waals surface area contributed by atoms with Gasteiger partial charge in [0.2, 0.25) is 0 Å². The number of urea groups is 1. The molecule has 0 aliphatic carbocycles. The standard InChI is InChI=1S/C20H21F2N3O3/c1-12-5-4-8-17(28-19(21)22)18(12)25-20(27)24-14(11-26)9-13-10-23-16-7-3-2-6-15(13)16/h2-8,10,14,19,23,26H,9,11H2,1H3,(H2,24,25,27). The van der Waals surface area contributed by atoms with Crippen LogP contribution in [0.25, 0.3) is 10.9 Å². The third-order valence-electron chi connectivity index (χ3n) is 4.39. The molecule has 1 heterocycles. The van der Waals surface area contributed by atoms with E-state index in [0.29, 0.717) is 12.0 Å². The number of para-hydroxylation sites is 2. The third kappa shape index (κ3) is 4.58. The number of hydrogen-bond donors (Lipinski definition) is 4. The lowest BCUT2D eigenvalue weighted by molar-refractivity contribution is -0.0493. The number of carbonyl (C=O) groups is 1. The number of aryl methyl sites for hydroxylation is 1. The molecular weight excluding hydrogens is 368 g/mol. The van der Waals surface area contributed by atoms with Crippen LogP contribution in [0.15, 0.2) is 48.7 Å². The highest BCUT2D eigenvalue weighted by Crippen LogP contribution is 2.29. The van der Waals surface area contributed by atoms with Gasteiger partial charge in [0, 0.05) is 17.1 Å². The van der Waals surface area contributed by atoms with E-state index in [1.54, 1.807) is 19.1 Å². The molecule has 0 aliphatic rings. The third-order valence-corrected chi connectivity index (χ3v) is 4.39. The Balaban J connectivity index is 1.70. The maximum absolute atomic E-state index is 12.6. The Bertz CT molecular complexity index is 959. The molecule has 3 rings (SSSR count). The number of fused-ring (bicyclic) bond motifs is 1. The van der Waals surface area contributed by atoms with Crippen LogP contribution in [0, 0.1) is 6.92 Å². The quantitative estimate of drug-likeness (QED) is 0.496. The molecule has 0 spiro atoms. The molecule has 0 radical (unpaired) electrons. The van der Waals surface area contributed by atoms with Gasteiger partial charge in [0.15, 0.2) is 0 Å². The van der Waals surface area contributed by atoms with Gasteiger partial charge in [-0.25, -0.2) is 4.79 Å². The maximum Gasteiger partial charge on any atom is 0.387 e. The van der Waals surface area contributed by atoms with Crippen molar-refractivity contribution in [3.63, 3.8) is 0 Å². The molecule has 8 heteroatoms. The number of alkyl halides is 2. The van der Waals surface area contributed by atoms with Crippen LogP contribution in [0.4, 0.5) is 19.3 Å². The second kappa shape index (κ2) is 8.71. The SMILES string of the molecule is Cc1cccc(OC(F)F)c1NC(=O)NC(CO)Cc1c[nH]c2ccccc12. The van der Waals surface area contributed by atoms with Gasteiger partial charge in [-0.1, -0.05) is 30.3 Å². The summed E-state index contributed by atoms with van der Waals surface area (Å²) in [6.45, 7) is -1.61. The largest absolute Gasteiger partial charge is 0.433 e. The topological polar surface area (TPSA) is 86.4 Å². The molecule has 1 aromatic heterocycles. The number of aromatic amines is 1. The summed E-state index contributed by atoms with van der Waals surface area (Å²) in [6.07, 6.45) is 2.24. The van der Waals surface area contributed by atoms with E-state index in [0.717, 1.165) is 16.5 Å². The maximum atomic E-state index is 12.6. The summed E-state index contributed by atoms with van der Waals surface area (Å²) in [4.78, 5) is 15.5. The zero-order valence-electron chi connectivity index (χ0n) is 15.2. The summed E-state index contributed by atoms with van der Waals surface area (Å²) in [5.41, 5.74) is 2.65. The first-order chi connectivity index (χ1) is 13.5. The molecule has 148 valence electrons. The van der Waals surface area contributed by atoms with Crippen molar-refractivity contribution in [3.8, 4) is 5.75 Å². The number of hydrogen-bond acceptors (Lipinski definition) is 3. The minimum atomic E-state index is -3.00. The van der Waals surface area contributed by atoms with E-state index in [1.165, 1.54) is 6.07 Å².